The molecule has 3 heterocycles. The van der Waals surface area contributed by atoms with E-state index < -0.39 is 10.0 Å². The van der Waals surface area contributed by atoms with E-state index in [-0.39, 0.29) is 12.3 Å². The molecule has 1 N–H and O–H groups in total. The number of imidazole rings is 1. The minimum atomic E-state index is -3.45. The van der Waals surface area contributed by atoms with Crippen LogP contribution in [0.2, 0.25) is 0 Å². The molecular weight excluding hydrogens is 384 g/mol. The molecule has 7 nitrogen and oxygen atoms in total. The predicted octanol–water partition coefficient (Wildman–Crippen LogP) is 2.59. The fourth-order valence-electron chi connectivity index (χ4n) is 3.20. The van der Waals surface area contributed by atoms with Crippen LogP contribution in [0.15, 0.2) is 46.9 Å². The van der Waals surface area contributed by atoms with Gasteiger partial charge >= 0.3 is 0 Å². The standard InChI is InChI=1S/C18H20N4O3S2/c23-17(20-22-13-19-15-6-2-3-7-16(15)22)12-14-8-9-18(26-14)27(24,25)21-10-4-1-5-11-21/h2-3,6-9,13H,1,4-5,10-12H2,(H,20,23). The third kappa shape index (κ3) is 3.76. The van der Waals surface area contributed by atoms with Crippen molar-refractivity contribution in [3.05, 3.63) is 47.6 Å². The smallest absolute Gasteiger partial charge is 0.252 e. The maximum Gasteiger partial charge on any atom is 0.252 e. The zero-order valence-corrected chi connectivity index (χ0v) is 16.3. The Balaban J connectivity index is 1.45. The second-order valence-corrected chi connectivity index (χ2v) is 9.83. The third-order valence-electron chi connectivity index (χ3n) is 4.58. The average molecular weight is 405 g/mol. The highest BCUT2D eigenvalue weighted by Crippen LogP contribution is 2.27. The number of nitrogens with zero attached hydrogens (tertiary/aromatic N) is 3. The number of carbonyl (C=O) groups excluding carboxylic acids is 1. The van der Waals surface area contributed by atoms with Gasteiger partial charge in [0.05, 0.1) is 17.5 Å². The van der Waals surface area contributed by atoms with E-state index in [1.165, 1.54) is 0 Å². The Kier molecular flexibility index (Phi) is 4.98. The van der Waals surface area contributed by atoms with Crippen molar-refractivity contribution < 1.29 is 13.2 Å². The van der Waals surface area contributed by atoms with Gasteiger partial charge in [0.2, 0.25) is 5.91 Å². The molecule has 27 heavy (non-hydrogen) atoms. The van der Waals surface area contributed by atoms with Gasteiger partial charge in [0.25, 0.3) is 10.0 Å². The summed E-state index contributed by atoms with van der Waals surface area (Å²) in [6.45, 7) is 1.15. The molecule has 0 radical (unpaired) electrons. The van der Waals surface area contributed by atoms with Crippen molar-refractivity contribution in [3.8, 4) is 0 Å². The molecule has 1 aliphatic rings. The minimum Gasteiger partial charge on any atom is -0.273 e. The summed E-state index contributed by atoms with van der Waals surface area (Å²) < 4.78 is 28.9. The number of thiophene rings is 1. The van der Waals surface area contributed by atoms with E-state index >= 15 is 0 Å². The number of hydrogen-bond acceptors (Lipinski definition) is 5. The van der Waals surface area contributed by atoms with Crippen LogP contribution in [-0.2, 0) is 21.2 Å². The molecule has 3 aromatic rings. The number of hydrogen-bond donors (Lipinski definition) is 1. The van der Waals surface area contributed by atoms with E-state index in [0.29, 0.717) is 22.2 Å². The molecule has 0 bridgehead atoms. The largest absolute Gasteiger partial charge is 0.273 e. The van der Waals surface area contributed by atoms with Crippen LogP contribution in [0, 0.1) is 0 Å². The molecule has 4 rings (SSSR count). The van der Waals surface area contributed by atoms with Gasteiger partial charge in [0, 0.05) is 18.0 Å². The number of amides is 1. The SMILES string of the molecule is O=C(Cc1ccc(S(=O)(=O)N2CCCCC2)s1)Nn1cnc2ccccc21. The number of carbonyl (C=O) groups is 1. The number of rotatable bonds is 5. The number of fused-ring (bicyclic) bond motifs is 1. The topological polar surface area (TPSA) is 84.3 Å². The third-order valence-corrected chi connectivity index (χ3v) is 8.03. The number of benzene rings is 1. The first kappa shape index (κ1) is 18.1. The first-order valence-electron chi connectivity index (χ1n) is 8.85. The van der Waals surface area contributed by atoms with Crippen LogP contribution in [0.1, 0.15) is 24.1 Å². The molecular formula is C18H20N4O3S2. The van der Waals surface area contributed by atoms with Crippen molar-refractivity contribution in [1.29, 1.82) is 0 Å². The molecule has 1 fully saturated rings. The number of piperidine rings is 1. The normalized spacial score (nSPS) is 15.9. The molecule has 1 amide bonds. The van der Waals surface area contributed by atoms with Crippen LogP contribution >= 0.6 is 11.3 Å². The zero-order valence-electron chi connectivity index (χ0n) is 14.7. The van der Waals surface area contributed by atoms with Gasteiger partial charge in [-0.3, -0.25) is 10.2 Å². The summed E-state index contributed by atoms with van der Waals surface area (Å²) >= 11 is 1.16. The van der Waals surface area contributed by atoms with Crippen LogP contribution in [0.4, 0.5) is 0 Å². The molecule has 1 aliphatic heterocycles. The summed E-state index contributed by atoms with van der Waals surface area (Å²) in [5, 5.41) is 0. The first-order chi connectivity index (χ1) is 13.0. The Morgan fingerprint density at radius 2 is 1.89 bits per heavy atom. The van der Waals surface area contributed by atoms with Gasteiger partial charge < -0.3 is 0 Å². The van der Waals surface area contributed by atoms with Crippen LogP contribution in [-0.4, -0.2) is 41.4 Å². The van der Waals surface area contributed by atoms with E-state index in [1.807, 2.05) is 24.3 Å². The Morgan fingerprint density at radius 3 is 2.70 bits per heavy atom. The Bertz CT molecular complexity index is 1070. The van der Waals surface area contributed by atoms with E-state index in [4.69, 9.17) is 0 Å². The van der Waals surface area contributed by atoms with Crippen LogP contribution < -0.4 is 5.43 Å². The van der Waals surface area contributed by atoms with Crippen molar-refractivity contribution in [2.45, 2.75) is 29.9 Å². The summed E-state index contributed by atoms with van der Waals surface area (Å²) in [4.78, 5) is 17.3. The van der Waals surface area contributed by atoms with Crippen LogP contribution in [0.5, 0.6) is 0 Å². The minimum absolute atomic E-state index is 0.118. The predicted molar refractivity (Wildman–Crippen MR) is 105 cm³/mol. The van der Waals surface area contributed by atoms with E-state index in [0.717, 1.165) is 41.6 Å². The number of para-hydroxylation sites is 2. The van der Waals surface area contributed by atoms with Gasteiger partial charge in [-0.25, -0.2) is 18.1 Å². The first-order valence-corrected chi connectivity index (χ1v) is 11.1. The molecule has 9 heteroatoms. The Morgan fingerprint density at radius 1 is 1.11 bits per heavy atom. The highest BCUT2D eigenvalue weighted by molar-refractivity contribution is 7.91. The lowest BCUT2D eigenvalue weighted by Crippen LogP contribution is -2.35. The maximum atomic E-state index is 12.7. The number of sulfonamides is 1. The molecule has 0 aliphatic carbocycles. The molecule has 0 unspecified atom stereocenters. The van der Waals surface area contributed by atoms with E-state index in [9.17, 15) is 13.2 Å². The van der Waals surface area contributed by atoms with Crippen molar-refractivity contribution in [2.24, 2.45) is 0 Å². The lowest BCUT2D eigenvalue weighted by molar-refractivity contribution is -0.116. The van der Waals surface area contributed by atoms with Gasteiger partial charge in [-0.15, -0.1) is 11.3 Å². The highest BCUT2D eigenvalue weighted by atomic mass is 32.2. The highest BCUT2D eigenvalue weighted by Gasteiger charge is 2.27. The molecule has 0 spiro atoms. The van der Waals surface area contributed by atoms with Crippen molar-refractivity contribution in [1.82, 2.24) is 14.0 Å². The van der Waals surface area contributed by atoms with Gasteiger partial charge in [0.1, 0.15) is 10.5 Å². The van der Waals surface area contributed by atoms with E-state index in [2.05, 4.69) is 10.4 Å². The fourth-order valence-corrected chi connectivity index (χ4v) is 6.23. The Hall–Kier alpha value is -2.23. The van der Waals surface area contributed by atoms with Crippen LogP contribution in [0.25, 0.3) is 11.0 Å². The van der Waals surface area contributed by atoms with Crippen LogP contribution in [0.3, 0.4) is 0 Å². The molecule has 0 atom stereocenters. The second-order valence-electron chi connectivity index (χ2n) is 6.50. The van der Waals surface area contributed by atoms with E-state index in [1.54, 1.807) is 27.4 Å². The summed E-state index contributed by atoms with van der Waals surface area (Å²) in [7, 11) is -3.45. The lowest BCUT2D eigenvalue weighted by Gasteiger charge is -2.25. The van der Waals surface area contributed by atoms with Crippen molar-refractivity contribution in [3.63, 3.8) is 0 Å². The molecule has 2 aromatic heterocycles. The maximum absolute atomic E-state index is 12.7. The zero-order chi connectivity index (χ0) is 18.9. The number of aromatic nitrogens is 2. The summed E-state index contributed by atoms with van der Waals surface area (Å²) in [5.41, 5.74) is 4.39. The van der Waals surface area contributed by atoms with Crippen molar-refractivity contribution in [2.75, 3.05) is 18.5 Å². The average Bonchev–Trinajstić information content (AvgIpc) is 3.30. The van der Waals surface area contributed by atoms with Gasteiger partial charge in [-0.2, -0.15) is 4.31 Å². The summed E-state index contributed by atoms with van der Waals surface area (Å²) in [6.07, 6.45) is 4.55. The second kappa shape index (κ2) is 7.41. The Labute approximate surface area is 161 Å². The van der Waals surface area contributed by atoms with Gasteiger partial charge in [-0.1, -0.05) is 18.6 Å². The van der Waals surface area contributed by atoms with Crippen molar-refractivity contribution >= 4 is 38.3 Å². The summed E-state index contributed by atoms with van der Waals surface area (Å²) in [6, 6.07) is 10.8. The van der Waals surface area contributed by atoms with Gasteiger partial charge in [-0.05, 0) is 37.1 Å². The monoisotopic (exact) mass is 404 g/mol. The summed E-state index contributed by atoms with van der Waals surface area (Å²) in [5.74, 6) is -0.220. The molecule has 1 aromatic carbocycles. The molecule has 1 saturated heterocycles. The molecule has 142 valence electrons. The quantitative estimate of drug-likeness (QED) is 0.708. The number of nitrogens with one attached hydrogen (secondary N) is 1. The lowest BCUT2D eigenvalue weighted by atomic mass is 10.2. The van der Waals surface area contributed by atoms with Gasteiger partial charge in [0.15, 0.2) is 0 Å². The fraction of sp³-hybridized carbons (Fsp3) is 0.333. The molecule has 0 saturated carbocycles.